The standard InChI is InChI=1S/C13H14O.C9H11NO2/c1-9(2)13-11-6-4-3-5-10(11)7-8-12(13)14;1-7(2)8-5-3-4-6-9(8)10(11)12/h3-9,14H,1-2H3;3-7H,1-2H3. The molecular weight excluding hydrogens is 326 g/mol. The minimum atomic E-state index is -0.338. The van der Waals surface area contributed by atoms with Crippen LogP contribution in [0.3, 0.4) is 0 Å². The molecule has 136 valence electrons. The van der Waals surface area contributed by atoms with E-state index in [-0.39, 0.29) is 16.5 Å². The minimum absolute atomic E-state index is 0.201. The highest BCUT2D eigenvalue weighted by Crippen LogP contribution is 2.32. The Labute approximate surface area is 154 Å². The average Bonchev–Trinajstić information content (AvgIpc) is 2.61. The Hall–Kier alpha value is -2.88. The zero-order valence-corrected chi connectivity index (χ0v) is 15.6. The summed E-state index contributed by atoms with van der Waals surface area (Å²) in [6.45, 7) is 8.09. The van der Waals surface area contributed by atoms with Crippen molar-refractivity contribution in [1.29, 1.82) is 0 Å². The molecule has 0 fully saturated rings. The molecule has 0 spiro atoms. The number of fused-ring (bicyclic) bond motifs is 1. The highest BCUT2D eigenvalue weighted by atomic mass is 16.6. The van der Waals surface area contributed by atoms with Gasteiger partial charge >= 0.3 is 0 Å². The number of nitro benzene ring substituents is 1. The van der Waals surface area contributed by atoms with Gasteiger partial charge in [-0.25, -0.2) is 0 Å². The zero-order chi connectivity index (χ0) is 19.3. The first kappa shape index (κ1) is 19.4. The van der Waals surface area contributed by atoms with Gasteiger partial charge in [0.2, 0.25) is 0 Å². The zero-order valence-electron chi connectivity index (χ0n) is 15.6. The van der Waals surface area contributed by atoms with Crippen LogP contribution in [0.5, 0.6) is 5.75 Å². The molecule has 1 N–H and O–H groups in total. The van der Waals surface area contributed by atoms with Gasteiger partial charge in [0.05, 0.1) is 4.92 Å². The van der Waals surface area contributed by atoms with Crippen molar-refractivity contribution in [3.63, 3.8) is 0 Å². The third kappa shape index (κ3) is 4.39. The second-order valence-corrected chi connectivity index (χ2v) is 6.84. The quantitative estimate of drug-likeness (QED) is 0.439. The van der Waals surface area contributed by atoms with Crippen LogP contribution in [0.2, 0.25) is 0 Å². The summed E-state index contributed by atoms with van der Waals surface area (Å²) in [5.74, 6) is 0.950. The second-order valence-electron chi connectivity index (χ2n) is 6.84. The third-order valence-electron chi connectivity index (χ3n) is 4.28. The number of rotatable bonds is 3. The Balaban J connectivity index is 0.000000190. The average molecular weight is 351 g/mol. The van der Waals surface area contributed by atoms with E-state index in [4.69, 9.17) is 0 Å². The van der Waals surface area contributed by atoms with Gasteiger partial charge in [-0.3, -0.25) is 10.1 Å². The first-order valence-electron chi connectivity index (χ1n) is 8.76. The number of benzene rings is 3. The third-order valence-corrected chi connectivity index (χ3v) is 4.28. The number of hydrogen-bond acceptors (Lipinski definition) is 3. The van der Waals surface area contributed by atoms with Crippen molar-refractivity contribution in [2.24, 2.45) is 0 Å². The summed E-state index contributed by atoms with van der Waals surface area (Å²) in [7, 11) is 0. The topological polar surface area (TPSA) is 63.4 Å². The van der Waals surface area contributed by atoms with Crippen LogP contribution >= 0.6 is 0 Å². The summed E-state index contributed by atoms with van der Waals surface area (Å²) < 4.78 is 0. The van der Waals surface area contributed by atoms with Crippen molar-refractivity contribution < 1.29 is 10.0 Å². The van der Waals surface area contributed by atoms with Crippen molar-refractivity contribution in [1.82, 2.24) is 0 Å². The van der Waals surface area contributed by atoms with E-state index in [1.54, 1.807) is 18.2 Å². The van der Waals surface area contributed by atoms with Gasteiger partial charge in [-0.2, -0.15) is 0 Å². The molecule has 3 aromatic rings. The molecule has 4 nitrogen and oxygen atoms in total. The van der Waals surface area contributed by atoms with Gasteiger partial charge in [0.25, 0.3) is 5.69 Å². The van der Waals surface area contributed by atoms with Gasteiger partial charge in [0.15, 0.2) is 0 Å². The Bertz CT molecular complexity index is 901. The van der Waals surface area contributed by atoms with Crippen LogP contribution in [0.25, 0.3) is 10.8 Å². The molecule has 0 aromatic heterocycles. The maximum Gasteiger partial charge on any atom is 0.272 e. The molecular formula is C22H25NO3. The maximum atomic E-state index is 10.5. The predicted molar refractivity (Wildman–Crippen MR) is 107 cm³/mol. The molecule has 0 radical (unpaired) electrons. The van der Waals surface area contributed by atoms with Crippen LogP contribution in [0.4, 0.5) is 5.69 Å². The van der Waals surface area contributed by atoms with Crippen molar-refractivity contribution in [3.05, 3.63) is 81.9 Å². The van der Waals surface area contributed by atoms with Crippen LogP contribution < -0.4 is 0 Å². The Morgan fingerprint density at radius 1 is 0.846 bits per heavy atom. The van der Waals surface area contributed by atoms with Gasteiger partial charge in [0.1, 0.15) is 5.75 Å². The molecule has 0 bridgehead atoms. The van der Waals surface area contributed by atoms with E-state index >= 15 is 0 Å². The van der Waals surface area contributed by atoms with Gasteiger partial charge in [-0.1, -0.05) is 76.2 Å². The molecule has 4 heteroatoms. The number of nitrogens with zero attached hydrogens (tertiary/aromatic N) is 1. The van der Waals surface area contributed by atoms with Gasteiger partial charge in [0, 0.05) is 17.2 Å². The summed E-state index contributed by atoms with van der Waals surface area (Å²) in [6, 6.07) is 18.7. The minimum Gasteiger partial charge on any atom is -0.508 e. The lowest BCUT2D eigenvalue weighted by molar-refractivity contribution is -0.385. The molecule has 0 unspecified atom stereocenters. The first-order chi connectivity index (χ1) is 12.3. The largest absolute Gasteiger partial charge is 0.508 e. The Morgan fingerprint density at radius 2 is 1.46 bits per heavy atom. The van der Waals surface area contributed by atoms with Crippen LogP contribution in [0.15, 0.2) is 60.7 Å². The molecule has 0 saturated heterocycles. The number of para-hydroxylation sites is 1. The predicted octanol–water partition coefficient (Wildman–Crippen LogP) is 6.39. The highest BCUT2D eigenvalue weighted by Gasteiger charge is 2.14. The monoisotopic (exact) mass is 351 g/mol. The molecule has 3 rings (SSSR count). The number of hydrogen-bond donors (Lipinski definition) is 1. The van der Waals surface area contributed by atoms with Crippen molar-refractivity contribution in [3.8, 4) is 5.75 Å². The summed E-state index contributed by atoms with van der Waals surface area (Å²) in [5.41, 5.74) is 2.05. The van der Waals surface area contributed by atoms with Crippen molar-refractivity contribution >= 4 is 16.5 Å². The van der Waals surface area contributed by atoms with E-state index in [1.807, 2.05) is 38.1 Å². The number of nitro groups is 1. The lowest BCUT2D eigenvalue weighted by Gasteiger charge is -2.11. The van der Waals surface area contributed by atoms with E-state index in [1.165, 1.54) is 11.5 Å². The van der Waals surface area contributed by atoms with E-state index in [0.29, 0.717) is 11.7 Å². The van der Waals surface area contributed by atoms with E-state index < -0.39 is 0 Å². The maximum absolute atomic E-state index is 10.5. The number of phenolic OH excluding ortho intramolecular Hbond substituents is 1. The molecule has 0 aliphatic heterocycles. The number of aromatic hydroxyl groups is 1. The smallest absolute Gasteiger partial charge is 0.272 e. The second kappa shape index (κ2) is 8.48. The normalized spacial score (nSPS) is 10.7. The molecule has 26 heavy (non-hydrogen) atoms. The lowest BCUT2D eigenvalue weighted by atomic mass is 9.95. The van der Waals surface area contributed by atoms with Crippen molar-refractivity contribution in [2.75, 3.05) is 0 Å². The SMILES string of the molecule is CC(C)c1c(O)ccc2ccccc12.CC(C)c1ccccc1[N+](=O)[O-]. The molecule has 0 aliphatic carbocycles. The summed E-state index contributed by atoms with van der Waals surface area (Å²) >= 11 is 0. The van der Waals surface area contributed by atoms with Gasteiger partial charge in [-0.05, 0) is 28.7 Å². The molecule has 0 heterocycles. The summed E-state index contributed by atoms with van der Waals surface area (Å²) in [4.78, 5) is 10.2. The van der Waals surface area contributed by atoms with E-state index in [9.17, 15) is 15.2 Å². The van der Waals surface area contributed by atoms with Crippen LogP contribution in [-0.4, -0.2) is 10.0 Å². The van der Waals surface area contributed by atoms with Crippen LogP contribution in [0.1, 0.15) is 50.7 Å². The Morgan fingerprint density at radius 3 is 2.04 bits per heavy atom. The molecule has 0 atom stereocenters. The van der Waals surface area contributed by atoms with Gasteiger partial charge < -0.3 is 5.11 Å². The van der Waals surface area contributed by atoms with Crippen molar-refractivity contribution in [2.45, 2.75) is 39.5 Å². The highest BCUT2D eigenvalue weighted by molar-refractivity contribution is 5.88. The summed E-state index contributed by atoms with van der Waals surface area (Å²) in [5, 5.41) is 22.7. The Kier molecular flexibility index (Phi) is 6.34. The first-order valence-corrected chi connectivity index (χ1v) is 8.76. The van der Waals surface area contributed by atoms with Crippen LogP contribution in [0, 0.1) is 10.1 Å². The molecule has 3 aromatic carbocycles. The number of phenols is 1. The molecule has 0 aliphatic rings. The summed E-state index contributed by atoms with van der Waals surface area (Å²) in [6.07, 6.45) is 0. The molecule has 0 amide bonds. The van der Waals surface area contributed by atoms with E-state index in [2.05, 4.69) is 26.0 Å². The van der Waals surface area contributed by atoms with E-state index in [0.717, 1.165) is 16.5 Å². The van der Waals surface area contributed by atoms with Crippen LogP contribution in [-0.2, 0) is 0 Å². The fraction of sp³-hybridized carbons (Fsp3) is 0.273. The van der Waals surface area contributed by atoms with Gasteiger partial charge in [-0.15, -0.1) is 0 Å². The molecule has 0 saturated carbocycles. The lowest BCUT2D eigenvalue weighted by Crippen LogP contribution is -1.96. The fourth-order valence-electron chi connectivity index (χ4n) is 3.03. The fourth-order valence-corrected chi connectivity index (χ4v) is 3.03.